The standard InChI is InChI=1S/C12H13BrN2O.ClH/c1-7(14-2)12(16)10-6-15-11-4-3-8(13)5-9(10)11;/h3-7,14-15H,1-2H3;1H. The summed E-state index contributed by atoms with van der Waals surface area (Å²) in [4.78, 5) is 15.2. The molecular weight excluding hydrogens is 304 g/mol. The molecule has 0 fully saturated rings. The molecule has 2 rings (SSSR count). The second-order valence-electron chi connectivity index (χ2n) is 3.77. The van der Waals surface area contributed by atoms with Crippen LogP contribution in [0.15, 0.2) is 28.9 Å². The number of likely N-dealkylation sites (N-methyl/N-ethyl adjacent to an activating group) is 1. The van der Waals surface area contributed by atoms with E-state index in [9.17, 15) is 4.79 Å². The Kier molecular flexibility index (Phi) is 4.74. The fourth-order valence-corrected chi connectivity index (χ4v) is 2.02. The number of nitrogens with one attached hydrogen (secondary N) is 2. The van der Waals surface area contributed by atoms with Gasteiger partial charge in [-0.25, -0.2) is 0 Å². The summed E-state index contributed by atoms with van der Waals surface area (Å²) in [6.45, 7) is 1.86. The summed E-state index contributed by atoms with van der Waals surface area (Å²) < 4.78 is 0.978. The van der Waals surface area contributed by atoms with Gasteiger partial charge in [-0.2, -0.15) is 0 Å². The van der Waals surface area contributed by atoms with E-state index in [1.165, 1.54) is 0 Å². The number of fused-ring (bicyclic) bond motifs is 1. The molecule has 2 N–H and O–H groups in total. The number of carbonyl (C=O) groups excluding carboxylic acids is 1. The number of aromatic nitrogens is 1. The molecule has 5 heteroatoms. The van der Waals surface area contributed by atoms with Crippen molar-refractivity contribution in [2.24, 2.45) is 0 Å². The maximum Gasteiger partial charge on any atom is 0.181 e. The zero-order valence-corrected chi connectivity index (χ0v) is 12.0. The third kappa shape index (κ3) is 2.70. The Morgan fingerprint density at radius 2 is 2.18 bits per heavy atom. The van der Waals surface area contributed by atoms with Gasteiger partial charge in [0, 0.05) is 27.1 Å². The van der Waals surface area contributed by atoms with Crippen LogP contribution in [-0.4, -0.2) is 23.9 Å². The van der Waals surface area contributed by atoms with Crippen LogP contribution in [0, 0.1) is 0 Å². The molecule has 0 aliphatic heterocycles. The largest absolute Gasteiger partial charge is 0.360 e. The summed E-state index contributed by atoms with van der Waals surface area (Å²) in [5.41, 5.74) is 1.72. The monoisotopic (exact) mass is 316 g/mol. The second-order valence-corrected chi connectivity index (χ2v) is 4.68. The van der Waals surface area contributed by atoms with E-state index in [2.05, 4.69) is 26.2 Å². The van der Waals surface area contributed by atoms with Gasteiger partial charge in [0.2, 0.25) is 0 Å². The number of halogens is 2. The van der Waals surface area contributed by atoms with Crippen molar-refractivity contribution in [2.75, 3.05) is 7.05 Å². The maximum absolute atomic E-state index is 12.1. The van der Waals surface area contributed by atoms with Gasteiger partial charge in [-0.1, -0.05) is 15.9 Å². The highest BCUT2D eigenvalue weighted by Gasteiger charge is 2.17. The molecule has 0 aliphatic rings. The van der Waals surface area contributed by atoms with E-state index in [0.717, 1.165) is 20.9 Å². The first-order valence-electron chi connectivity index (χ1n) is 5.11. The van der Waals surface area contributed by atoms with Gasteiger partial charge < -0.3 is 10.3 Å². The zero-order valence-electron chi connectivity index (χ0n) is 9.58. The van der Waals surface area contributed by atoms with E-state index in [0.29, 0.717) is 0 Å². The first-order valence-corrected chi connectivity index (χ1v) is 5.91. The van der Waals surface area contributed by atoms with Crippen LogP contribution < -0.4 is 5.32 Å². The van der Waals surface area contributed by atoms with Gasteiger partial charge in [0.15, 0.2) is 5.78 Å². The molecule has 0 saturated carbocycles. The SMILES string of the molecule is CNC(C)C(=O)c1c[nH]c2ccc(Br)cc12.Cl. The van der Waals surface area contributed by atoms with Crippen LogP contribution in [0.4, 0.5) is 0 Å². The molecule has 0 amide bonds. The summed E-state index contributed by atoms with van der Waals surface area (Å²) >= 11 is 3.41. The molecule has 17 heavy (non-hydrogen) atoms. The van der Waals surface area contributed by atoms with Crippen LogP contribution in [0.2, 0.25) is 0 Å². The van der Waals surface area contributed by atoms with E-state index in [-0.39, 0.29) is 24.2 Å². The summed E-state index contributed by atoms with van der Waals surface area (Å²) in [7, 11) is 1.79. The van der Waals surface area contributed by atoms with Crippen LogP contribution in [0.5, 0.6) is 0 Å². The number of hydrogen-bond acceptors (Lipinski definition) is 2. The van der Waals surface area contributed by atoms with Gasteiger partial charge in [-0.05, 0) is 32.2 Å². The van der Waals surface area contributed by atoms with Crippen LogP contribution >= 0.6 is 28.3 Å². The molecule has 92 valence electrons. The normalized spacial score (nSPS) is 12.2. The molecular formula is C12H14BrClN2O. The molecule has 1 heterocycles. The summed E-state index contributed by atoms with van der Waals surface area (Å²) in [6, 6.07) is 5.70. The minimum absolute atomic E-state index is 0. The molecule has 0 bridgehead atoms. The predicted octanol–water partition coefficient (Wildman–Crippen LogP) is 3.14. The lowest BCUT2D eigenvalue weighted by atomic mass is 10.0. The van der Waals surface area contributed by atoms with E-state index in [4.69, 9.17) is 0 Å². The third-order valence-corrected chi connectivity index (χ3v) is 3.23. The molecule has 0 radical (unpaired) electrons. The Morgan fingerprint density at radius 3 is 2.82 bits per heavy atom. The Bertz CT molecular complexity index is 538. The van der Waals surface area contributed by atoms with Crippen molar-refractivity contribution in [1.29, 1.82) is 0 Å². The first kappa shape index (κ1) is 14.2. The fraction of sp³-hybridized carbons (Fsp3) is 0.250. The van der Waals surface area contributed by atoms with Crippen LogP contribution in [0.3, 0.4) is 0 Å². The van der Waals surface area contributed by atoms with Crippen molar-refractivity contribution in [1.82, 2.24) is 10.3 Å². The smallest absolute Gasteiger partial charge is 0.181 e. The van der Waals surface area contributed by atoms with Crippen molar-refractivity contribution >= 4 is 45.0 Å². The van der Waals surface area contributed by atoms with E-state index >= 15 is 0 Å². The maximum atomic E-state index is 12.1. The number of H-pyrrole nitrogens is 1. The lowest BCUT2D eigenvalue weighted by Gasteiger charge is -2.07. The van der Waals surface area contributed by atoms with Gasteiger partial charge in [0.1, 0.15) is 0 Å². The van der Waals surface area contributed by atoms with Crippen molar-refractivity contribution in [2.45, 2.75) is 13.0 Å². The van der Waals surface area contributed by atoms with E-state index < -0.39 is 0 Å². The molecule has 0 spiro atoms. The lowest BCUT2D eigenvalue weighted by Crippen LogP contribution is -2.30. The quantitative estimate of drug-likeness (QED) is 0.854. The number of benzene rings is 1. The van der Waals surface area contributed by atoms with Gasteiger partial charge in [-0.3, -0.25) is 4.79 Å². The molecule has 0 saturated heterocycles. The second kappa shape index (κ2) is 5.67. The van der Waals surface area contributed by atoms with Crippen LogP contribution in [-0.2, 0) is 0 Å². The molecule has 1 aromatic heterocycles. The van der Waals surface area contributed by atoms with Gasteiger partial charge >= 0.3 is 0 Å². The number of rotatable bonds is 3. The Hall–Kier alpha value is -0.840. The number of aromatic amines is 1. The highest BCUT2D eigenvalue weighted by Crippen LogP contribution is 2.23. The van der Waals surface area contributed by atoms with Crippen molar-refractivity contribution in [3.8, 4) is 0 Å². The minimum atomic E-state index is -0.169. The lowest BCUT2D eigenvalue weighted by molar-refractivity contribution is 0.0956. The van der Waals surface area contributed by atoms with Crippen molar-refractivity contribution in [3.05, 3.63) is 34.4 Å². The topological polar surface area (TPSA) is 44.9 Å². The molecule has 1 atom stereocenters. The predicted molar refractivity (Wildman–Crippen MR) is 76.1 cm³/mol. The molecule has 0 aliphatic carbocycles. The summed E-state index contributed by atoms with van der Waals surface area (Å²) in [6.07, 6.45) is 1.77. The van der Waals surface area contributed by atoms with Crippen molar-refractivity contribution in [3.63, 3.8) is 0 Å². The number of carbonyl (C=O) groups is 1. The summed E-state index contributed by atoms with van der Waals surface area (Å²) in [5.74, 6) is 0.104. The average molecular weight is 318 g/mol. The Morgan fingerprint density at radius 1 is 1.47 bits per heavy atom. The third-order valence-electron chi connectivity index (χ3n) is 2.74. The van der Waals surface area contributed by atoms with E-state index in [1.54, 1.807) is 13.2 Å². The van der Waals surface area contributed by atoms with Crippen LogP contribution in [0.1, 0.15) is 17.3 Å². The van der Waals surface area contributed by atoms with Crippen LogP contribution in [0.25, 0.3) is 10.9 Å². The minimum Gasteiger partial charge on any atom is -0.360 e. The Labute approximate surface area is 115 Å². The summed E-state index contributed by atoms with van der Waals surface area (Å²) in [5, 5.41) is 3.92. The van der Waals surface area contributed by atoms with E-state index in [1.807, 2.05) is 25.1 Å². The highest BCUT2D eigenvalue weighted by molar-refractivity contribution is 9.10. The Balaban J connectivity index is 0.00000144. The molecule has 1 aromatic carbocycles. The average Bonchev–Trinajstić information content (AvgIpc) is 2.69. The highest BCUT2D eigenvalue weighted by atomic mass is 79.9. The molecule has 2 aromatic rings. The van der Waals surface area contributed by atoms with Gasteiger partial charge in [0.25, 0.3) is 0 Å². The van der Waals surface area contributed by atoms with Gasteiger partial charge in [-0.15, -0.1) is 12.4 Å². The molecule has 3 nitrogen and oxygen atoms in total. The van der Waals surface area contributed by atoms with Gasteiger partial charge in [0.05, 0.1) is 6.04 Å². The zero-order chi connectivity index (χ0) is 11.7. The first-order chi connectivity index (χ1) is 7.63. The number of hydrogen-bond donors (Lipinski definition) is 2. The number of Topliss-reactive ketones (excluding diaryl/α,β-unsaturated/α-hetero) is 1. The molecule has 1 unspecified atom stereocenters. The number of ketones is 1. The van der Waals surface area contributed by atoms with Crippen molar-refractivity contribution < 1.29 is 4.79 Å². The fourth-order valence-electron chi connectivity index (χ4n) is 1.66.